The summed E-state index contributed by atoms with van der Waals surface area (Å²) in [6, 6.07) is 3.05. The summed E-state index contributed by atoms with van der Waals surface area (Å²) in [6.07, 6.45) is -4.64. The molecule has 1 fully saturated rings. The first-order valence-corrected chi connectivity index (χ1v) is 8.84. The number of ether oxygens (including phenoxy) is 3. The number of aromatic nitrogens is 1. The van der Waals surface area contributed by atoms with Gasteiger partial charge in [-0.3, -0.25) is 9.59 Å². The molecule has 1 aromatic heterocycles. The standard InChI is InChI=1S/C19H17F3N2O5/c1-9-16-15(11-5-10(28-19(20,21)22)3-4-12(11)24-9)14(25)7-18(29-16)6-13(23-8-18)17(26)27-2/h3-5,13,23H,6-8H2,1-2H3. The number of nitrogens with one attached hydrogen (secondary N) is 1. The normalized spacial score (nSPS) is 23.8. The zero-order valence-electron chi connectivity index (χ0n) is 15.6. The minimum atomic E-state index is -4.85. The van der Waals surface area contributed by atoms with Gasteiger partial charge in [0.2, 0.25) is 0 Å². The fourth-order valence-corrected chi connectivity index (χ4v) is 3.93. The molecule has 2 aromatic rings. The number of carbonyl (C=O) groups excluding carboxylic acids is 2. The van der Waals surface area contributed by atoms with Gasteiger partial charge in [-0.05, 0) is 25.1 Å². The number of pyridine rings is 1. The smallest absolute Gasteiger partial charge is 0.483 e. The minimum absolute atomic E-state index is 0.0244. The maximum atomic E-state index is 13.0. The number of hydrogen-bond donors (Lipinski definition) is 1. The summed E-state index contributed by atoms with van der Waals surface area (Å²) in [7, 11) is 1.28. The van der Waals surface area contributed by atoms with Gasteiger partial charge in [-0.1, -0.05) is 0 Å². The lowest BCUT2D eigenvalue weighted by molar-refractivity contribution is -0.274. The third kappa shape index (κ3) is 3.48. The molecule has 3 heterocycles. The van der Waals surface area contributed by atoms with E-state index in [1.807, 2.05) is 0 Å². The number of nitrogens with zero attached hydrogens (tertiary/aromatic N) is 1. The summed E-state index contributed by atoms with van der Waals surface area (Å²) in [6.45, 7) is 1.91. The molecule has 1 N–H and O–H groups in total. The van der Waals surface area contributed by atoms with Crippen LogP contribution in [0.4, 0.5) is 13.2 Å². The third-order valence-corrected chi connectivity index (χ3v) is 5.13. The van der Waals surface area contributed by atoms with Crippen LogP contribution in [0, 0.1) is 6.92 Å². The lowest BCUT2D eigenvalue weighted by Gasteiger charge is -2.35. The fraction of sp³-hybridized carbons (Fsp3) is 0.421. The van der Waals surface area contributed by atoms with E-state index in [0.717, 1.165) is 12.1 Å². The number of fused-ring (bicyclic) bond motifs is 3. The minimum Gasteiger partial charge on any atom is -0.483 e. The van der Waals surface area contributed by atoms with Gasteiger partial charge in [0.1, 0.15) is 17.4 Å². The Labute approximate surface area is 163 Å². The van der Waals surface area contributed by atoms with Crippen molar-refractivity contribution in [2.24, 2.45) is 0 Å². The summed E-state index contributed by atoms with van der Waals surface area (Å²) in [4.78, 5) is 29.2. The Hall–Kier alpha value is -2.88. The van der Waals surface area contributed by atoms with E-state index in [4.69, 9.17) is 9.47 Å². The SMILES string of the molecule is COC(=O)C1CC2(CN1)CC(=O)c1c(c(C)nc3ccc(OC(F)(F)F)cc13)O2. The number of halogens is 3. The second-order valence-electron chi connectivity index (χ2n) is 7.17. The van der Waals surface area contributed by atoms with E-state index in [-0.39, 0.29) is 41.9 Å². The van der Waals surface area contributed by atoms with Crippen LogP contribution < -0.4 is 14.8 Å². The average molecular weight is 410 g/mol. The summed E-state index contributed by atoms with van der Waals surface area (Å²) < 4.78 is 52.6. The van der Waals surface area contributed by atoms with Crippen LogP contribution in [0.15, 0.2) is 18.2 Å². The van der Waals surface area contributed by atoms with E-state index in [1.54, 1.807) is 6.92 Å². The second kappa shape index (κ2) is 6.58. The van der Waals surface area contributed by atoms with Crippen molar-refractivity contribution in [2.75, 3.05) is 13.7 Å². The molecule has 2 aliphatic rings. The molecule has 10 heteroatoms. The maximum Gasteiger partial charge on any atom is 0.573 e. The molecule has 0 saturated carbocycles. The van der Waals surface area contributed by atoms with E-state index >= 15 is 0 Å². The molecule has 7 nitrogen and oxygen atoms in total. The highest BCUT2D eigenvalue weighted by Crippen LogP contribution is 2.43. The second-order valence-corrected chi connectivity index (χ2v) is 7.17. The molecule has 1 spiro atoms. The quantitative estimate of drug-likeness (QED) is 0.762. The molecule has 0 bridgehead atoms. The monoisotopic (exact) mass is 410 g/mol. The van der Waals surface area contributed by atoms with E-state index < -0.39 is 29.7 Å². The van der Waals surface area contributed by atoms with Crippen molar-refractivity contribution in [2.45, 2.75) is 37.8 Å². The van der Waals surface area contributed by atoms with Crippen LogP contribution in [0.2, 0.25) is 0 Å². The molecule has 29 heavy (non-hydrogen) atoms. The Kier molecular flexibility index (Phi) is 4.41. The molecule has 1 aromatic carbocycles. The molecule has 2 atom stereocenters. The summed E-state index contributed by atoms with van der Waals surface area (Å²) in [5.74, 6) is -0.978. The highest BCUT2D eigenvalue weighted by atomic mass is 19.4. The summed E-state index contributed by atoms with van der Waals surface area (Å²) >= 11 is 0. The lowest BCUT2D eigenvalue weighted by atomic mass is 9.86. The van der Waals surface area contributed by atoms with Gasteiger partial charge in [0, 0.05) is 18.4 Å². The van der Waals surface area contributed by atoms with Gasteiger partial charge in [-0.15, -0.1) is 13.2 Å². The molecule has 2 unspecified atom stereocenters. The predicted molar refractivity (Wildman–Crippen MR) is 93.9 cm³/mol. The largest absolute Gasteiger partial charge is 0.573 e. The van der Waals surface area contributed by atoms with Crippen LogP contribution in [0.1, 0.15) is 28.9 Å². The van der Waals surface area contributed by atoms with Crippen molar-refractivity contribution in [3.8, 4) is 11.5 Å². The molecule has 0 aliphatic carbocycles. The molecule has 1 saturated heterocycles. The predicted octanol–water partition coefficient (Wildman–Crippen LogP) is 2.68. The number of hydrogen-bond acceptors (Lipinski definition) is 7. The molecule has 4 rings (SSSR count). The van der Waals surface area contributed by atoms with Crippen LogP contribution in [-0.2, 0) is 9.53 Å². The topological polar surface area (TPSA) is 86.8 Å². The number of ketones is 1. The van der Waals surface area contributed by atoms with E-state index in [1.165, 1.54) is 13.2 Å². The highest BCUT2D eigenvalue weighted by molar-refractivity contribution is 6.11. The van der Waals surface area contributed by atoms with Gasteiger partial charge in [0.25, 0.3) is 0 Å². The van der Waals surface area contributed by atoms with Crippen molar-refractivity contribution >= 4 is 22.7 Å². The average Bonchev–Trinajstić information content (AvgIpc) is 3.03. The zero-order valence-corrected chi connectivity index (χ0v) is 15.6. The lowest BCUT2D eigenvalue weighted by Crippen LogP contribution is -2.44. The van der Waals surface area contributed by atoms with Crippen molar-refractivity contribution in [1.82, 2.24) is 10.3 Å². The number of benzene rings is 1. The first kappa shape index (κ1) is 19.4. The fourth-order valence-electron chi connectivity index (χ4n) is 3.93. The Morgan fingerprint density at radius 3 is 2.83 bits per heavy atom. The third-order valence-electron chi connectivity index (χ3n) is 5.13. The number of Topliss-reactive ketones (excluding diaryl/α,β-unsaturated/α-hetero) is 1. The van der Waals surface area contributed by atoms with E-state index in [9.17, 15) is 22.8 Å². The van der Waals surface area contributed by atoms with Crippen LogP contribution in [0.5, 0.6) is 11.5 Å². The van der Waals surface area contributed by atoms with Gasteiger partial charge >= 0.3 is 12.3 Å². The van der Waals surface area contributed by atoms with Crippen molar-refractivity contribution in [3.63, 3.8) is 0 Å². The number of esters is 1. The van der Waals surface area contributed by atoms with Crippen molar-refractivity contribution in [3.05, 3.63) is 29.5 Å². The molecular weight excluding hydrogens is 393 g/mol. The number of rotatable bonds is 2. The first-order chi connectivity index (χ1) is 13.6. The van der Waals surface area contributed by atoms with Gasteiger partial charge < -0.3 is 19.5 Å². The van der Waals surface area contributed by atoms with Gasteiger partial charge in [0.15, 0.2) is 11.5 Å². The Balaban J connectivity index is 1.76. The molecular formula is C19H17F3N2O5. The Morgan fingerprint density at radius 2 is 2.14 bits per heavy atom. The van der Waals surface area contributed by atoms with E-state index in [0.29, 0.717) is 11.2 Å². The number of carbonyl (C=O) groups is 2. The van der Waals surface area contributed by atoms with Crippen LogP contribution in [0.3, 0.4) is 0 Å². The Morgan fingerprint density at radius 1 is 1.38 bits per heavy atom. The molecule has 2 aliphatic heterocycles. The highest BCUT2D eigenvalue weighted by Gasteiger charge is 2.49. The van der Waals surface area contributed by atoms with Gasteiger partial charge in [-0.2, -0.15) is 0 Å². The Bertz CT molecular complexity index is 1020. The van der Waals surface area contributed by atoms with Crippen LogP contribution >= 0.6 is 0 Å². The van der Waals surface area contributed by atoms with Gasteiger partial charge in [0.05, 0.1) is 30.3 Å². The number of methoxy groups -OCH3 is 1. The van der Waals surface area contributed by atoms with E-state index in [2.05, 4.69) is 15.0 Å². The number of alkyl halides is 3. The molecule has 154 valence electrons. The molecule has 0 radical (unpaired) electrons. The van der Waals surface area contributed by atoms with Crippen molar-refractivity contribution in [1.29, 1.82) is 0 Å². The van der Waals surface area contributed by atoms with Gasteiger partial charge in [-0.25, -0.2) is 4.98 Å². The molecule has 0 amide bonds. The summed E-state index contributed by atoms with van der Waals surface area (Å²) in [5, 5.41) is 3.22. The van der Waals surface area contributed by atoms with Crippen LogP contribution in [0.25, 0.3) is 10.9 Å². The zero-order chi connectivity index (χ0) is 21.0. The first-order valence-electron chi connectivity index (χ1n) is 8.84. The van der Waals surface area contributed by atoms with Crippen molar-refractivity contribution < 1.29 is 37.0 Å². The number of aryl methyl sites for hydroxylation is 1. The maximum absolute atomic E-state index is 13.0. The van der Waals surface area contributed by atoms with Crippen LogP contribution in [-0.4, -0.2) is 48.4 Å². The summed E-state index contributed by atoms with van der Waals surface area (Å²) in [5.41, 5.74) is 0.0298.